The van der Waals surface area contributed by atoms with Crippen molar-refractivity contribution in [2.45, 2.75) is 20.0 Å². The molecule has 0 fully saturated rings. The summed E-state index contributed by atoms with van der Waals surface area (Å²) in [6.07, 6.45) is 2.24. The molecule has 7 heteroatoms. The van der Waals surface area contributed by atoms with Gasteiger partial charge in [0.15, 0.2) is 0 Å². The number of hydrogen-bond donors (Lipinski definition) is 2. The Morgan fingerprint density at radius 1 is 0.968 bits per heavy atom. The van der Waals surface area contributed by atoms with Crippen molar-refractivity contribution in [3.05, 3.63) is 95.3 Å². The van der Waals surface area contributed by atoms with Crippen LogP contribution in [-0.2, 0) is 22.6 Å². The van der Waals surface area contributed by atoms with Crippen LogP contribution in [0, 0.1) is 5.82 Å². The van der Waals surface area contributed by atoms with Crippen molar-refractivity contribution in [1.29, 1.82) is 0 Å². The Hall–Kier alpha value is -4.00. The molecular weight excluding hydrogens is 397 g/mol. The molecule has 158 valence electrons. The van der Waals surface area contributed by atoms with Crippen LogP contribution in [-0.4, -0.2) is 18.0 Å². The Balaban J connectivity index is 1.56. The van der Waals surface area contributed by atoms with Crippen molar-refractivity contribution in [1.82, 2.24) is 5.43 Å². The number of nitrogens with one attached hydrogen (secondary N) is 2. The van der Waals surface area contributed by atoms with Gasteiger partial charge in [0.1, 0.15) is 18.2 Å². The fraction of sp³-hybridized carbons (Fsp3) is 0.125. The average Bonchev–Trinajstić information content (AvgIpc) is 2.79. The van der Waals surface area contributed by atoms with Crippen LogP contribution in [0.5, 0.6) is 5.75 Å². The number of rotatable bonds is 7. The minimum Gasteiger partial charge on any atom is -0.488 e. The highest BCUT2D eigenvalue weighted by Gasteiger charge is 2.13. The number of ether oxygens (including phenoxy) is 1. The minimum absolute atomic E-state index is 0.0448. The standard InChI is InChI=1S/C24H22FN3O3/c1-2-17-11-13-20(14-12-17)27-23(29)24(30)28-26-15-18-7-4-6-10-22(18)31-16-19-8-3-5-9-21(19)25/h3-15H,2,16H2,1H3,(H,27,29)(H,28,30)/b26-15-. The summed E-state index contributed by atoms with van der Waals surface area (Å²) in [7, 11) is 0. The van der Waals surface area contributed by atoms with Crippen LogP contribution < -0.4 is 15.5 Å². The summed E-state index contributed by atoms with van der Waals surface area (Å²) < 4.78 is 19.4. The Morgan fingerprint density at radius 3 is 2.42 bits per heavy atom. The van der Waals surface area contributed by atoms with E-state index >= 15 is 0 Å². The first-order valence-corrected chi connectivity index (χ1v) is 9.75. The molecular formula is C24H22FN3O3. The van der Waals surface area contributed by atoms with Crippen molar-refractivity contribution in [3.8, 4) is 5.75 Å². The van der Waals surface area contributed by atoms with E-state index in [1.807, 2.05) is 19.1 Å². The van der Waals surface area contributed by atoms with E-state index in [0.29, 0.717) is 22.6 Å². The molecule has 0 atom stereocenters. The number of benzene rings is 3. The van der Waals surface area contributed by atoms with E-state index in [-0.39, 0.29) is 12.4 Å². The summed E-state index contributed by atoms with van der Waals surface area (Å²) in [5, 5.41) is 6.34. The first-order chi connectivity index (χ1) is 15.1. The Bertz CT molecular complexity index is 1080. The predicted octanol–water partition coefficient (Wildman–Crippen LogP) is 4.06. The molecule has 3 aromatic carbocycles. The number of anilines is 1. The fourth-order valence-electron chi connectivity index (χ4n) is 2.71. The summed E-state index contributed by atoms with van der Waals surface area (Å²) in [5.74, 6) is -1.62. The highest BCUT2D eigenvalue weighted by Crippen LogP contribution is 2.18. The third-order valence-corrected chi connectivity index (χ3v) is 4.46. The lowest BCUT2D eigenvalue weighted by atomic mass is 10.1. The molecule has 0 saturated carbocycles. The lowest BCUT2D eigenvalue weighted by molar-refractivity contribution is -0.136. The topological polar surface area (TPSA) is 79.8 Å². The van der Waals surface area contributed by atoms with Gasteiger partial charge in [0.25, 0.3) is 0 Å². The zero-order chi connectivity index (χ0) is 22.1. The predicted molar refractivity (Wildman–Crippen MR) is 117 cm³/mol. The van der Waals surface area contributed by atoms with Crippen molar-refractivity contribution < 1.29 is 18.7 Å². The molecule has 0 aromatic heterocycles. The average molecular weight is 419 g/mol. The first kappa shape index (κ1) is 21.7. The van der Waals surface area contributed by atoms with Gasteiger partial charge in [0, 0.05) is 16.8 Å². The number of nitrogens with zero attached hydrogens (tertiary/aromatic N) is 1. The van der Waals surface area contributed by atoms with Crippen LogP contribution in [0.2, 0.25) is 0 Å². The molecule has 2 amide bonds. The maximum Gasteiger partial charge on any atom is 0.329 e. The Labute approximate surface area is 179 Å². The highest BCUT2D eigenvalue weighted by molar-refractivity contribution is 6.39. The molecule has 0 aliphatic rings. The fourth-order valence-corrected chi connectivity index (χ4v) is 2.71. The van der Waals surface area contributed by atoms with Gasteiger partial charge in [-0.25, -0.2) is 9.82 Å². The minimum atomic E-state index is -0.902. The molecule has 0 aliphatic heterocycles. The summed E-state index contributed by atoms with van der Waals surface area (Å²) in [6, 6.07) is 20.5. The lowest BCUT2D eigenvalue weighted by Gasteiger charge is -2.09. The zero-order valence-corrected chi connectivity index (χ0v) is 17.0. The molecule has 0 aliphatic carbocycles. The third kappa shape index (κ3) is 6.24. The normalized spacial score (nSPS) is 10.6. The SMILES string of the molecule is CCc1ccc(NC(=O)C(=O)N/N=C\c2ccccc2OCc2ccccc2F)cc1. The van der Waals surface area contributed by atoms with E-state index in [1.54, 1.807) is 54.6 Å². The Morgan fingerprint density at radius 2 is 1.68 bits per heavy atom. The van der Waals surface area contributed by atoms with Crippen molar-refractivity contribution >= 4 is 23.7 Å². The number of amides is 2. The van der Waals surface area contributed by atoms with Gasteiger partial charge in [-0.15, -0.1) is 0 Å². The first-order valence-electron chi connectivity index (χ1n) is 9.75. The van der Waals surface area contributed by atoms with Crippen LogP contribution >= 0.6 is 0 Å². The van der Waals surface area contributed by atoms with Gasteiger partial charge in [-0.3, -0.25) is 9.59 Å². The smallest absolute Gasteiger partial charge is 0.329 e. The van der Waals surface area contributed by atoms with E-state index < -0.39 is 11.8 Å². The van der Waals surface area contributed by atoms with Crippen molar-refractivity contribution in [3.63, 3.8) is 0 Å². The van der Waals surface area contributed by atoms with E-state index in [9.17, 15) is 14.0 Å². The van der Waals surface area contributed by atoms with Crippen LogP contribution in [0.1, 0.15) is 23.6 Å². The number of halogens is 1. The van der Waals surface area contributed by atoms with Crippen LogP contribution in [0.4, 0.5) is 10.1 Å². The van der Waals surface area contributed by atoms with E-state index in [4.69, 9.17) is 4.74 Å². The van der Waals surface area contributed by atoms with Gasteiger partial charge in [-0.2, -0.15) is 5.10 Å². The molecule has 0 saturated heterocycles. The summed E-state index contributed by atoms with van der Waals surface area (Å²) in [4.78, 5) is 24.0. The molecule has 2 N–H and O–H groups in total. The van der Waals surface area contributed by atoms with Gasteiger partial charge in [0.2, 0.25) is 0 Å². The summed E-state index contributed by atoms with van der Waals surface area (Å²) in [6.45, 7) is 2.07. The number of hydrogen-bond acceptors (Lipinski definition) is 4. The molecule has 3 rings (SSSR count). The van der Waals surface area contributed by atoms with E-state index in [1.165, 1.54) is 12.3 Å². The second-order valence-electron chi connectivity index (χ2n) is 6.62. The molecule has 0 spiro atoms. The molecule has 0 radical (unpaired) electrons. The molecule has 3 aromatic rings. The number of carbonyl (C=O) groups excluding carboxylic acids is 2. The monoisotopic (exact) mass is 419 g/mol. The van der Waals surface area contributed by atoms with E-state index in [0.717, 1.165) is 12.0 Å². The molecule has 31 heavy (non-hydrogen) atoms. The van der Waals surface area contributed by atoms with Crippen LogP contribution in [0.15, 0.2) is 77.9 Å². The zero-order valence-electron chi connectivity index (χ0n) is 17.0. The molecule has 0 bridgehead atoms. The van der Waals surface area contributed by atoms with Gasteiger partial charge in [-0.05, 0) is 42.3 Å². The number of aryl methyl sites for hydroxylation is 1. The summed E-state index contributed by atoms with van der Waals surface area (Å²) in [5.41, 5.74) is 4.82. The number of carbonyl (C=O) groups is 2. The van der Waals surface area contributed by atoms with Crippen LogP contribution in [0.25, 0.3) is 0 Å². The largest absolute Gasteiger partial charge is 0.488 e. The molecule has 6 nitrogen and oxygen atoms in total. The molecule has 0 unspecified atom stereocenters. The second kappa shape index (κ2) is 10.7. The maximum absolute atomic E-state index is 13.8. The summed E-state index contributed by atoms with van der Waals surface area (Å²) >= 11 is 0. The van der Waals surface area contributed by atoms with Crippen LogP contribution in [0.3, 0.4) is 0 Å². The van der Waals surface area contributed by atoms with Gasteiger partial charge < -0.3 is 10.1 Å². The van der Waals surface area contributed by atoms with Gasteiger partial charge in [-0.1, -0.05) is 49.4 Å². The molecule has 0 heterocycles. The third-order valence-electron chi connectivity index (χ3n) is 4.46. The quantitative estimate of drug-likeness (QED) is 0.344. The highest BCUT2D eigenvalue weighted by atomic mass is 19.1. The Kier molecular flexibility index (Phi) is 7.48. The second-order valence-corrected chi connectivity index (χ2v) is 6.62. The van der Waals surface area contributed by atoms with Gasteiger partial charge >= 0.3 is 11.8 Å². The van der Waals surface area contributed by atoms with Crippen molar-refractivity contribution in [2.24, 2.45) is 5.10 Å². The van der Waals surface area contributed by atoms with Gasteiger partial charge in [0.05, 0.1) is 6.21 Å². The van der Waals surface area contributed by atoms with Crippen molar-refractivity contribution in [2.75, 3.05) is 5.32 Å². The number of para-hydroxylation sites is 1. The maximum atomic E-state index is 13.8. The lowest BCUT2D eigenvalue weighted by Crippen LogP contribution is -2.32. The number of hydrazone groups is 1. The van der Waals surface area contributed by atoms with E-state index in [2.05, 4.69) is 15.8 Å².